The van der Waals surface area contributed by atoms with Crippen LogP contribution in [-0.4, -0.2) is 0 Å². The van der Waals surface area contributed by atoms with Gasteiger partial charge >= 0.3 is 0 Å². The van der Waals surface area contributed by atoms with Crippen LogP contribution in [0.25, 0.3) is 0 Å². The zero-order valence-electron chi connectivity index (χ0n) is 18.5. The summed E-state index contributed by atoms with van der Waals surface area (Å²) in [4.78, 5) is 0. The van der Waals surface area contributed by atoms with Gasteiger partial charge in [-0.2, -0.15) is 15.8 Å². The van der Waals surface area contributed by atoms with Crippen LogP contribution in [0.1, 0.15) is 77.8 Å². The fourth-order valence-corrected chi connectivity index (χ4v) is 7.94. The van der Waals surface area contributed by atoms with Crippen LogP contribution in [0.15, 0.2) is 54.6 Å². The van der Waals surface area contributed by atoms with Crippen LogP contribution < -0.4 is 0 Å². The molecule has 0 spiro atoms. The maximum absolute atomic E-state index is 9.67. The average Bonchev–Trinajstić information content (AvgIpc) is 3.18. The molecule has 0 bridgehead atoms. The molecule has 3 aromatic carbocycles. The molecule has 0 aromatic heterocycles. The van der Waals surface area contributed by atoms with E-state index in [1.807, 2.05) is 18.2 Å². The molecule has 0 N–H and O–H groups in total. The van der Waals surface area contributed by atoms with Crippen molar-refractivity contribution in [3.63, 3.8) is 0 Å². The van der Waals surface area contributed by atoms with Crippen LogP contribution in [0.2, 0.25) is 0 Å². The molecule has 0 amide bonds. The van der Waals surface area contributed by atoms with Crippen molar-refractivity contribution >= 4 is 0 Å². The van der Waals surface area contributed by atoms with Crippen LogP contribution in [0.3, 0.4) is 0 Å². The summed E-state index contributed by atoms with van der Waals surface area (Å²) in [6.45, 7) is 9.31. The standard InChI is InChI=1S/C29H21N3/c1-26-20-8-5-18(15-31)12-24(20)28(3)22-10-7-19(16-32)13-25(22)27(2,29(26,28)4)21-9-6-17(14-30)11-23(21)26/h5-13H,1-4H3. The summed E-state index contributed by atoms with van der Waals surface area (Å²) in [7, 11) is 0. The summed E-state index contributed by atoms with van der Waals surface area (Å²) >= 11 is 0. The Bertz CT molecular complexity index is 1340. The lowest BCUT2D eigenvalue weighted by atomic mass is 9.52. The molecule has 6 rings (SSSR count). The summed E-state index contributed by atoms with van der Waals surface area (Å²) in [6, 6.07) is 25.3. The molecule has 32 heavy (non-hydrogen) atoms. The number of fused-ring (bicyclic) bond motifs is 9. The lowest BCUT2D eigenvalue weighted by molar-refractivity contribution is 0.0997. The Labute approximate surface area is 188 Å². The first kappa shape index (κ1) is 18.9. The van der Waals surface area contributed by atoms with E-state index in [9.17, 15) is 15.8 Å². The van der Waals surface area contributed by atoms with Crippen molar-refractivity contribution in [2.45, 2.75) is 43.9 Å². The van der Waals surface area contributed by atoms with Crippen LogP contribution in [0.5, 0.6) is 0 Å². The Balaban J connectivity index is 1.88. The maximum atomic E-state index is 9.67. The van der Waals surface area contributed by atoms with E-state index in [2.05, 4.69) is 82.3 Å². The van der Waals surface area contributed by atoms with Crippen LogP contribution in [0.4, 0.5) is 0 Å². The molecule has 3 heteroatoms. The lowest BCUT2D eigenvalue weighted by Crippen LogP contribution is -2.51. The minimum atomic E-state index is -0.353. The van der Waals surface area contributed by atoms with E-state index >= 15 is 0 Å². The largest absolute Gasteiger partial charge is 0.192 e. The van der Waals surface area contributed by atoms with Gasteiger partial charge in [-0.15, -0.1) is 0 Å². The number of nitrogens with zero attached hydrogens (tertiary/aromatic N) is 3. The SMILES string of the molecule is CC12c3ccc(C#N)cc3C3(C)c4ccc(C#N)cc4C(C)(c4ccc(C#N)cc41)C23C. The zero-order valence-corrected chi connectivity index (χ0v) is 18.5. The highest BCUT2D eigenvalue weighted by atomic mass is 14.8. The Morgan fingerprint density at radius 1 is 0.469 bits per heavy atom. The lowest BCUT2D eigenvalue weighted by Gasteiger charge is -2.49. The van der Waals surface area contributed by atoms with E-state index in [1.54, 1.807) is 0 Å². The van der Waals surface area contributed by atoms with Gasteiger partial charge in [0.2, 0.25) is 0 Å². The molecule has 3 unspecified atom stereocenters. The second-order valence-corrected chi connectivity index (χ2v) is 10.1. The van der Waals surface area contributed by atoms with Gasteiger partial charge < -0.3 is 0 Å². The molecule has 3 nitrogen and oxygen atoms in total. The van der Waals surface area contributed by atoms with Crippen LogP contribution >= 0.6 is 0 Å². The van der Waals surface area contributed by atoms with Gasteiger partial charge in [0.15, 0.2) is 0 Å². The molecule has 0 saturated carbocycles. The van der Waals surface area contributed by atoms with Gasteiger partial charge in [0, 0.05) is 21.7 Å². The van der Waals surface area contributed by atoms with E-state index in [4.69, 9.17) is 0 Å². The highest BCUT2D eigenvalue weighted by Crippen LogP contribution is 2.82. The number of nitriles is 3. The predicted molar refractivity (Wildman–Crippen MR) is 121 cm³/mol. The van der Waals surface area contributed by atoms with Crippen molar-refractivity contribution in [3.8, 4) is 18.2 Å². The van der Waals surface area contributed by atoms with Gasteiger partial charge in [-0.3, -0.25) is 0 Å². The van der Waals surface area contributed by atoms with Crippen LogP contribution in [0, 0.1) is 39.4 Å². The van der Waals surface area contributed by atoms with Crippen molar-refractivity contribution in [2.75, 3.05) is 0 Å². The number of benzene rings is 3. The summed E-state index contributed by atoms with van der Waals surface area (Å²) in [6.07, 6.45) is 0. The Morgan fingerprint density at radius 2 is 0.750 bits per heavy atom. The quantitative estimate of drug-likeness (QED) is 0.486. The van der Waals surface area contributed by atoms with E-state index in [0.717, 1.165) is 0 Å². The first-order chi connectivity index (χ1) is 15.2. The predicted octanol–water partition coefficient (Wildman–Crippen LogP) is 5.57. The monoisotopic (exact) mass is 411 g/mol. The van der Waals surface area contributed by atoms with Gasteiger partial charge in [-0.25, -0.2) is 0 Å². The molecule has 3 aromatic rings. The summed E-state index contributed by atoms with van der Waals surface area (Å²) in [5.74, 6) is 0. The van der Waals surface area contributed by atoms with Crippen molar-refractivity contribution < 1.29 is 0 Å². The molecule has 3 atom stereocenters. The van der Waals surface area contributed by atoms with Crippen molar-refractivity contribution in [1.82, 2.24) is 0 Å². The second kappa shape index (κ2) is 5.30. The third kappa shape index (κ3) is 1.52. The summed E-state index contributed by atoms with van der Waals surface area (Å²) in [5.41, 5.74) is 7.89. The summed E-state index contributed by atoms with van der Waals surface area (Å²) in [5, 5.41) is 29.0. The van der Waals surface area contributed by atoms with Crippen LogP contribution in [-0.2, 0) is 16.2 Å². The van der Waals surface area contributed by atoms with Crippen molar-refractivity contribution in [2.24, 2.45) is 5.41 Å². The normalized spacial score (nSPS) is 32.2. The van der Waals surface area contributed by atoms with Crippen molar-refractivity contribution in [3.05, 3.63) is 105 Å². The number of hydrogen-bond donors (Lipinski definition) is 0. The Morgan fingerprint density at radius 3 is 1.00 bits per heavy atom. The molecule has 3 aliphatic rings. The molecular formula is C29H21N3. The topological polar surface area (TPSA) is 71.4 Å². The average molecular weight is 412 g/mol. The third-order valence-corrected chi connectivity index (χ3v) is 9.68. The van der Waals surface area contributed by atoms with E-state index < -0.39 is 0 Å². The molecule has 0 heterocycles. The highest BCUT2D eigenvalue weighted by Gasteiger charge is 2.79. The third-order valence-electron chi connectivity index (χ3n) is 9.68. The van der Waals surface area contributed by atoms with Gasteiger partial charge in [0.1, 0.15) is 0 Å². The maximum Gasteiger partial charge on any atom is 0.0991 e. The fourth-order valence-electron chi connectivity index (χ4n) is 7.94. The first-order valence-corrected chi connectivity index (χ1v) is 10.9. The number of rotatable bonds is 0. The van der Waals surface area contributed by atoms with Gasteiger partial charge in [0.25, 0.3) is 0 Å². The Kier molecular flexibility index (Phi) is 3.12. The minimum absolute atomic E-state index is 0.282. The Hall–Kier alpha value is -3.87. The molecule has 3 aliphatic carbocycles. The van der Waals surface area contributed by atoms with E-state index in [0.29, 0.717) is 16.7 Å². The fraction of sp³-hybridized carbons (Fsp3) is 0.276. The van der Waals surface area contributed by atoms with Crippen molar-refractivity contribution in [1.29, 1.82) is 15.8 Å². The first-order valence-electron chi connectivity index (χ1n) is 10.9. The second-order valence-electron chi connectivity index (χ2n) is 10.1. The highest BCUT2D eigenvalue weighted by molar-refractivity contribution is 5.77. The molecule has 0 saturated heterocycles. The minimum Gasteiger partial charge on any atom is -0.192 e. The van der Waals surface area contributed by atoms with Gasteiger partial charge in [-0.05, 0) is 69.8 Å². The molecule has 0 aliphatic heterocycles. The smallest absolute Gasteiger partial charge is 0.0991 e. The number of hydrogen-bond acceptors (Lipinski definition) is 3. The van der Waals surface area contributed by atoms with E-state index in [-0.39, 0.29) is 21.7 Å². The molecular weight excluding hydrogens is 390 g/mol. The van der Waals surface area contributed by atoms with Gasteiger partial charge in [-0.1, -0.05) is 45.9 Å². The molecule has 0 fully saturated rings. The van der Waals surface area contributed by atoms with E-state index in [1.165, 1.54) is 33.4 Å². The zero-order chi connectivity index (χ0) is 22.7. The molecule has 0 radical (unpaired) electrons. The molecule has 152 valence electrons. The van der Waals surface area contributed by atoms with Gasteiger partial charge in [0.05, 0.1) is 34.9 Å². The summed E-state index contributed by atoms with van der Waals surface area (Å²) < 4.78 is 0.